The van der Waals surface area contributed by atoms with E-state index >= 15 is 0 Å². The fourth-order valence-corrected chi connectivity index (χ4v) is 4.66. The van der Waals surface area contributed by atoms with E-state index in [0.717, 1.165) is 18.4 Å². The van der Waals surface area contributed by atoms with Crippen LogP contribution >= 0.6 is 0 Å². The summed E-state index contributed by atoms with van der Waals surface area (Å²) < 4.78 is 11.8. The topological polar surface area (TPSA) is 76.1 Å². The summed E-state index contributed by atoms with van der Waals surface area (Å²) in [7, 11) is 0. The fourth-order valence-electron chi connectivity index (χ4n) is 4.66. The van der Waals surface area contributed by atoms with E-state index in [1.807, 2.05) is 73.7 Å². The first kappa shape index (κ1) is 22.9. The summed E-state index contributed by atoms with van der Waals surface area (Å²) in [6.45, 7) is 2.87. The van der Waals surface area contributed by atoms with Gasteiger partial charge in [-0.05, 0) is 49.6 Å². The molecule has 6 nitrogen and oxygen atoms in total. The first-order valence-corrected chi connectivity index (χ1v) is 11.8. The first-order valence-electron chi connectivity index (χ1n) is 11.8. The van der Waals surface area contributed by atoms with E-state index in [0.29, 0.717) is 29.2 Å². The highest BCUT2D eigenvalue weighted by atomic mass is 16.5. The van der Waals surface area contributed by atoms with E-state index in [2.05, 4.69) is 0 Å². The van der Waals surface area contributed by atoms with Crippen LogP contribution in [0.3, 0.4) is 0 Å². The van der Waals surface area contributed by atoms with Gasteiger partial charge in [-0.1, -0.05) is 60.2 Å². The molecule has 0 saturated carbocycles. The Hall–Kier alpha value is -3.90. The number of likely N-dealkylation sites (tertiary alicyclic amines) is 1. The molecule has 1 N–H and O–H groups in total. The van der Waals surface area contributed by atoms with E-state index in [1.54, 1.807) is 12.1 Å². The highest BCUT2D eigenvalue weighted by molar-refractivity contribution is 6.46. The van der Waals surface area contributed by atoms with Crippen LogP contribution in [0.15, 0.2) is 84.4 Å². The van der Waals surface area contributed by atoms with Crippen molar-refractivity contribution in [2.45, 2.75) is 31.9 Å². The molecule has 0 spiro atoms. The lowest BCUT2D eigenvalue weighted by atomic mass is 9.94. The number of hydrogen-bond donors (Lipinski definition) is 1. The molecule has 2 atom stereocenters. The molecule has 2 saturated heterocycles. The van der Waals surface area contributed by atoms with Crippen LogP contribution in [0.4, 0.5) is 0 Å². The number of ether oxygens (including phenoxy) is 2. The van der Waals surface area contributed by atoms with Crippen molar-refractivity contribution in [3.8, 4) is 11.5 Å². The molecule has 6 heteroatoms. The number of nitrogens with zero attached hydrogens (tertiary/aromatic N) is 1. The Bertz CT molecular complexity index is 1260. The Kier molecular flexibility index (Phi) is 6.38. The minimum Gasteiger partial charge on any atom is -0.507 e. The number of ketones is 1. The molecule has 5 rings (SSSR count). The van der Waals surface area contributed by atoms with Crippen molar-refractivity contribution in [3.63, 3.8) is 0 Å². The quantitative estimate of drug-likeness (QED) is 0.298. The van der Waals surface area contributed by atoms with Gasteiger partial charge in [-0.3, -0.25) is 9.59 Å². The number of amides is 1. The summed E-state index contributed by atoms with van der Waals surface area (Å²) >= 11 is 0. The van der Waals surface area contributed by atoms with E-state index in [1.165, 1.54) is 4.90 Å². The maximum Gasteiger partial charge on any atom is 0.295 e. The molecule has 0 radical (unpaired) electrons. The van der Waals surface area contributed by atoms with E-state index < -0.39 is 17.7 Å². The van der Waals surface area contributed by atoms with Crippen LogP contribution in [0.25, 0.3) is 5.76 Å². The van der Waals surface area contributed by atoms with E-state index in [-0.39, 0.29) is 24.0 Å². The highest BCUT2D eigenvalue weighted by Crippen LogP contribution is 2.41. The second-order valence-corrected chi connectivity index (χ2v) is 8.94. The Morgan fingerprint density at radius 2 is 1.74 bits per heavy atom. The molecule has 3 aromatic rings. The second kappa shape index (κ2) is 9.76. The SMILES string of the molecule is Cc1ccc(/C(O)=C2/C(=O)C(=O)N(CC3CCCO3)C2c2cccc(Oc3ccccc3)c2)cc1. The van der Waals surface area contributed by atoms with Crippen molar-refractivity contribution in [1.82, 2.24) is 4.90 Å². The number of aryl methyl sites for hydroxylation is 1. The zero-order valence-electron chi connectivity index (χ0n) is 19.5. The van der Waals surface area contributed by atoms with Crippen molar-refractivity contribution in [1.29, 1.82) is 0 Å². The second-order valence-electron chi connectivity index (χ2n) is 8.94. The number of hydrogen-bond acceptors (Lipinski definition) is 5. The number of aliphatic hydroxyl groups excluding tert-OH is 1. The Balaban J connectivity index is 1.58. The van der Waals surface area contributed by atoms with Gasteiger partial charge in [0.25, 0.3) is 11.7 Å². The molecule has 35 heavy (non-hydrogen) atoms. The van der Waals surface area contributed by atoms with Crippen LogP contribution < -0.4 is 4.74 Å². The minimum atomic E-state index is -0.750. The lowest BCUT2D eigenvalue weighted by Crippen LogP contribution is -2.36. The molecule has 2 aliphatic heterocycles. The molecular formula is C29H27NO5. The molecule has 2 aliphatic rings. The van der Waals surface area contributed by atoms with Gasteiger partial charge >= 0.3 is 0 Å². The van der Waals surface area contributed by atoms with Gasteiger partial charge in [0.2, 0.25) is 0 Å². The molecule has 0 aromatic heterocycles. The largest absolute Gasteiger partial charge is 0.507 e. The predicted octanol–water partition coefficient (Wildman–Crippen LogP) is 5.39. The number of benzene rings is 3. The molecule has 1 amide bonds. The van der Waals surface area contributed by atoms with Crippen molar-refractivity contribution >= 4 is 17.4 Å². The first-order chi connectivity index (χ1) is 17.0. The minimum absolute atomic E-state index is 0.0775. The summed E-state index contributed by atoms with van der Waals surface area (Å²) in [4.78, 5) is 28.0. The van der Waals surface area contributed by atoms with E-state index in [4.69, 9.17) is 9.47 Å². The molecule has 0 aliphatic carbocycles. The summed E-state index contributed by atoms with van der Waals surface area (Å²) in [5.41, 5.74) is 2.29. The normalized spacial score (nSPS) is 21.5. The van der Waals surface area contributed by atoms with Gasteiger partial charge in [0, 0.05) is 18.7 Å². The zero-order valence-corrected chi connectivity index (χ0v) is 19.5. The molecule has 2 heterocycles. The molecule has 0 bridgehead atoms. The van der Waals surface area contributed by atoms with Crippen LogP contribution in [0, 0.1) is 6.92 Å². The summed E-state index contributed by atoms with van der Waals surface area (Å²) in [6.07, 6.45) is 1.60. The van der Waals surface area contributed by atoms with Gasteiger partial charge in [0.1, 0.15) is 17.3 Å². The van der Waals surface area contributed by atoms with Gasteiger partial charge in [-0.15, -0.1) is 0 Å². The van der Waals surface area contributed by atoms with Crippen molar-refractivity contribution in [3.05, 3.63) is 101 Å². The lowest BCUT2D eigenvalue weighted by molar-refractivity contribution is -0.140. The Morgan fingerprint density at radius 1 is 1.00 bits per heavy atom. The van der Waals surface area contributed by atoms with Gasteiger partial charge in [-0.2, -0.15) is 0 Å². The van der Waals surface area contributed by atoms with Crippen molar-refractivity contribution in [2.24, 2.45) is 0 Å². The Labute approximate surface area is 204 Å². The fraction of sp³-hybridized carbons (Fsp3) is 0.241. The van der Waals surface area contributed by atoms with Crippen LogP contribution in [-0.2, 0) is 14.3 Å². The van der Waals surface area contributed by atoms with Crippen molar-refractivity contribution in [2.75, 3.05) is 13.2 Å². The number of rotatable bonds is 6. The highest BCUT2D eigenvalue weighted by Gasteiger charge is 2.47. The van der Waals surface area contributed by atoms with Crippen LogP contribution in [0.1, 0.15) is 35.6 Å². The van der Waals surface area contributed by atoms with Crippen LogP contribution in [0.5, 0.6) is 11.5 Å². The standard InChI is InChI=1S/C29H27NO5/c1-19-12-14-20(15-13-19)27(31)25-26(30(29(33)28(25)32)18-24-11-6-16-34-24)21-7-5-10-23(17-21)35-22-8-3-2-4-9-22/h2-5,7-10,12-15,17,24,26,31H,6,11,16,18H2,1H3/b27-25-. The summed E-state index contributed by atoms with van der Waals surface area (Å²) in [5.74, 6) is -0.254. The summed E-state index contributed by atoms with van der Waals surface area (Å²) in [5, 5.41) is 11.2. The zero-order chi connectivity index (χ0) is 24.4. The molecular weight excluding hydrogens is 442 g/mol. The predicted molar refractivity (Wildman–Crippen MR) is 132 cm³/mol. The van der Waals surface area contributed by atoms with Gasteiger partial charge < -0.3 is 19.5 Å². The number of para-hydroxylation sites is 1. The lowest BCUT2D eigenvalue weighted by Gasteiger charge is -2.27. The monoisotopic (exact) mass is 469 g/mol. The molecule has 2 unspecified atom stereocenters. The van der Waals surface area contributed by atoms with Gasteiger partial charge in [-0.25, -0.2) is 0 Å². The van der Waals surface area contributed by atoms with E-state index in [9.17, 15) is 14.7 Å². The van der Waals surface area contributed by atoms with Gasteiger partial charge in [0.05, 0.1) is 17.7 Å². The smallest absolute Gasteiger partial charge is 0.295 e. The number of carbonyl (C=O) groups excluding carboxylic acids is 2. The third-order valence-corrected chi connectivity index (χ3v) is 6.44. The average molecular weight is 470 g/mol. The average Bonchev–Trinajstić information content (AvgIpc) is 3.47. The Morgan fingerprint density at radius 3 is 2.46 bits per heavy atom. The van der Waals surface area contributed by atoms with Gasteiger partial charge in [0.15, 0.2) is 0 Å². The maximum absolute atomic E-state index is 13.2. The van der Waals surface area contributed by atoms with Crippen LogP contribution in [0.2, 0.25) is 0 Å². The van der Waals surface area contributed by atoms with Crippen LogP contribution in [-0.4, -0.2) is 41.0 Å². The number of aliphatic hydroxyl groups is 1. The number of Topliss-reactive ketones (excluding diaryl/α,β-unsaturated/α-hetero) is 1. The molecule has 2 fully saturated rings. The number of carbonyl (C=O) groups is 2. The van der Waals surface area contributed by atoms with Crippen molar-refractivity contribution < 1.29 is 24.2 Å². The third kappa shape index (κ3) is 4.70. The molecule has 3 aromatic carbocycles. The third-order valence-electron chi connectivity index (χ3n) is 6.44. The molecule has 178 valence electrons. The summed E-state index contributed by atoms with van der Waals surface area (Å²) in [6, 6.07) is 23.2. The maximum atomic E-state index is 13.2.